The number of nitrogens with zero attached hydrogens (tertiary/aromatic N) is 3. The summed E-state index contributed by atoms with van der Waals surface area (Å²) in [6.45, 7) is 7.49. The van der Waals surface area contributed by atoms with E-state index in [-0.39, 0.29) is 11.8 Å². The van der Waals surface area contributed by atoms with Crippen molar-refractivity contribution in [2.75, 3.05) is 5.32 Å². The quantitative estimate of drug-likeness (QED) is 0.703. The van der Waals surface area contributed by atoms with E-state index < -0.39 is 6.10 Å². The van der Waals surface area contributed by atoms with Gasteiger partial charge in [0.1, 0.15) is 12.1 Å². The Morgan fingerprint density at radius 1 is 1.48 bits per heavy atom. The number of carbonyl (C=O) groups is 1. The van der Waals surface area contributed by atoms with Crippen LogP contribution in [0.4, 0.5) is 5.82 Å². The zero-order valence-electron chi connectivity index (χ0n) is 13.6. The maximum absolute atomic E-state index is 11.5. The number of aliphatic hydroxyl groups excluding tert-OH is 1. The molecule has 1 amide bonds. The van der Waals surface area contributed by atoms with Crippen LogP contribution in [0.15, 0.2) is 12.4 Å². The number of rotatable bonds is 6. The van der Waals surface area contributed by atoms with Gasteiger partial charge >= 0.3 is 0 Å². The monoisotopic (exact) mass is 335 g/mol. The summed E-state index contributed by atoms with van der Waals surface area (Å²) in [6.07, 6.45) is 0.713. The van der Waals surface area contributed by atoms with Gasteiger partial charge in [0.2, 0.25) is 5.91 Å². The second-order valence-electron chi connectivity index (χ2n) is 5.73. The molecule has 2 rings (SSSR count). The number of H-pyrrole nitrogens is 1. The maximum Gasteiger partial charge on any atom is 0.222 e. The van der Waals surface area contributed by atoms with Crippen LogP contribution in [0, 0.1) is 0 Å². The molecule has 0 fully saturated rings. The first-order chi connectivity index (χ1) is 10.8. The standard InChI is InChI=1S/C15H21N5O2S/c1-8(2)11-5-13(18-10(4)22)20(6-12(23)9(3)21)14(11)15-16-7-17-19-15/h5,7-9,21H,6H2,1-4H3,(H,18,22)(H,16,17,19). The van der Waals surface area contributed by atoms with Gasteiger partial charge < -0.3 is 15.0 Å². The predicted octanol–water partition coefficient (Wildman–Crippen LogP) is 2.11. The van der Waals surface area contributed by atoms with Gasteiger partial charge in [-0.05, 0) is 24.5 Å². The summed E-state index contributed by atoms with van der Waals surface area (Å²) >= 11 is 5.27. The fraction of sp³-hybridized carbons (Fsp3) is 0.467. The molecule has 0 bridgehead atoms. The van der Waals surface area contributed by atoms with Gasteiger partial charge in [0.15, 0.2) is 5.82 Å². The normalized spacial score (nSPS) is 12.4. The Morgan fingerprint density at radius 2 is 2.17 bits per heavy atom. The van der Waals surface area contributed by atoms with Gasteiger partial charge in [-0.25, -0.2) is 4.98 Å². The summed E-state index contributed by atoms with van der Waals surface area (Å²) in [5, 5.41) is 19.3. The number of thiocarbonyl (C=S) groups is 1. The van der Waals surface area contributed by atoms with E-state index in [9.17, 15) is 9.90 Å². The Kier molecular flexibility index (Phi) is 5.27. The Labute approximate surface area is 140 Å². The van der Waals surface area contributed by atoms with E-state index in [1.807, 2.05) is 10.6 Å². The van der Waals surface area contributed by atoms with Crippen molar-refractivity contribution in [1.29, 1.82) is 0 Å². The average molecular weight is 335 g/mol. The van der Waals surface area contributed by atoms with Gasteiger partial charge in [0.25, 0.3) is 0 Å². The molecule has 1 unspecified atom stereocenters. The van der Waals surface area contributed by atoms with Crippen molar-refractivity contribution in [2.45, 2.75) is 46.3 Å². The number of aromatic amines is 1. The number of hydrogen-bond donors (Lipinski definition) is 3. The molecule has 124 valence electrons. The Balaban J connectivity index is 2.61. The lowest BCUT2D eigenvalue weighted by atomic mass is 10.0. The van der Waals surface area contributed by atoms with E-state index in [0.717, 1.165) is 11.3 Å². The summed E-state index contributed by atoms with van der Waals surface area (Å²) in [7, 11) is 0. The highest BCUT2D eigenvalue weighted by Crippen LogP contribution is 2.33. The van der Waals surface area contributed by atoms with Crippen molar-refractivity contribution in [3.8, 4) is 11.5 Å². The molecule has 0 spiro atoms. The molecule has 2 aromatic heterocycles. The summed E-state index contributed by atoms with van der Waals surface area (Å²) in [5.41, 5.74) is 1.82. The van der Waals surface area contributed by atoms with Crippen LogP contribution in [-0.4, -0.2) is 41.7 Å². The molecule has 0 aliphatic carbocycles. The molecule has 7 nitrogen and oxygen atoms in total. The molecule has 0 aliphatic heterocycles. The number of aliphatic hydroxyl groups is 1. The van der Waals surface area contributed by atoms with Crippen LogP contribution in [0.5, 0.6) is 0 Å². The van der Waals surface area contributed by atoms with E-state index in [1.54, 1.807) is 6.92 Å². The Hall–Kier alpha value is -2.06. The van der Waals surface area contributed by atoms with E-state index in [0.29, 0.717) is 23.1 Å². The minimum absolute atomic E-state index is 0.175. The second kappa shape index (κ2) is 7.01. The molecule has 1 atom stereocenters. The lowest BCUT2D eigenvalue weighted by molar-refractivity contribution is -0.114. The third-order valence-corrected chi connectivity index (χ3v) is 3.94. The third kappa shape index (κ3) is 3.83. The molecule has 8 heteroatoms. The molecule has 2 aromatic rings. The molecular weight excluding hydrogens is 314 g/mol. The first-order valence-corrected chi connectivity index (χ1v) is 7.79. The predicted molar refractivity (Wildman–Crippen MR) is 92.5 cm³/mol. The van der Waals surface area contributed by atoms with Crippen molar-refractivity contribution in [3.05, 3.63) is 18.0 Å². The third-order valence-electron chi connectivity index (χ3n) is 3.47. The number of hydrogen-bond acceptors (Lipinski definition) is 5. The van der Waals surface area contributed by atoms with E-state index in [1.165, 1.54) is 13.3 Å². The van der Waals surface area contributed by atoms with Gasteiger partial charge in [0, 0.05) is 11.8 Å². The molecule has 0 aromatic carbocycles. The van der Waals surface area contributed by atoms with Crippen molar-refractivity contribution in [2.24, 2.45) is 0 Å². The van der Waals surface area contributed by atoms with Gasteiger partial charge in [-0.15, -0.1) is 0 Å². The highest BCUT2D eigenvalue weighted by Gasteiger charge is 2.22. The van der Waals surface area contributed by atoms with Gasteiger partial charge in [0.05, 0.1) is 18.3 Å². The Bertz CT molecular complexity index is 704. The molecule has 23 heavy (non-hydrogen) atoms. The summed E-state index contributed by atoms with van der Waals surface area (Å²) in [4.78, 5) is 16.2. The molecule has 0 saturated heterocycles. The van der Waals surface area contributed by atoms with Crippen LogP contribution in [-0.2, 0) is 11.3 Å². The first-order valence-electron chi connectivity index (χ1n) is 7.38. The van der Waals surface area contributed by atoms with Gasteiger partial charge in [-0.2, -0.15) is 5.10 Å². The largest absolute Gasteiger partial charge is 0.388 e. The van der Waals surface area contributed by atoms with Crippen LogP contribution in [0.2, 0.25) is 0 Å². The topological polar surface area (TPSA) is 95.8 Å². The summed E-state index contributed by atoms with van der Waals surface area (Å²) in [5.74, 6) is 1.25. The minimum atomic E-state index is -0.720. The van der Waals surface area contributed by atoms with Gasteiger partial charge in [-0.1, -0.05) is 26.1 Å². The van der Waals surface area contributed by atoms with Crippen LogP contribution in [0.25, 0.3) is 11.5 Å². The number of carbonyl (C=O) groups excluding carboxylic acids is 1. The zero-order chi connectivity index (χ0) is 17.1. The van der Waals surface area contributed by atoms with Crippen LogP contribution >= 0.6 is 12.2 Å². The van der Waals surface area contributed by atoms with E-state index in [4.69, 9.17) is 12.2 Å². The SMILES string of the molecule is CC(=O)Nc1cc(C(C)C)c(-c2ncn[nH]2)n1CC(=S)C(C)O. The number of nitrogens with one attached hydrogen (secondary N) is 2. The molecule has 0 saturated carbocycles. The highest BCUT2D eigenvalue weighted by molar-refractivity contribution is 7.80. The van der Waals surface area contributed by atoms with Crippen molar-refractivity contribution in [3.63, 3.8) is 0 Å². The van der Waals surface area contributed by atoms with Crippen LogP contribution in [0.1, 0.15) is 39.2 Å². The fourth-order valence-corrected chi connectivity index (χ4v) is 2.46. The smallest absolute Gasteiger partial charge is 0.222 e. The van der Waals surface area contributed by atoms with Gasteiger partial charge in [-0.3, -0.25) is 9.89 Å². The van der Waals surface area contributed by atoms with Crippen LogP contribution < -0.4 is 5.32 Å². The van der Waals surface area contributed by atoms with Crippen molar-refractivity contribution in [1.82, 2.24) is 19.7 Å². The van der Waals surface area contributed by atoms with Crippen molar-refractivity contribution < 1.29 is 9.90 Å². The Morgan fingerprint density at radius 3 is 2.65 bits per heavy atom. The first kappa shape index (κ1) is 17.3. The number of amides is 1. The highest BCUT2D eigenvalue weighted by atomic mass is 32.1. The maximum atomic E-state index is 11.5. The summed E-state index contributed by atoms with van der Waals surface area (Å²) in [6, 6.07) is 1.91. The van der Waals surface area contributed by atoms with Crippen molar-refractivity contribution >= 4 is 28.8 Å². The lowest BCUT2D eigenvalue weighted by Gasteiger charge is -2.15. The lowest BCUT2D eigenvalue weighted by Crippen LogP contribution is -2.22. The number of anilines is 1. The molecule has 0 radical (unpaired) electrons. The van der Waals surface area contributed by atoms with Crippen LogP contribution in [0.3, 0.4) is 0 Å². The zero-order valence-corrected chi connectivity index (χ0v) is 14.4. The second-order valence-corrected chi connectivity index (χ2v) is 6.26. The molecule has 3 N–H and O–H groups in total. The number of aromatic nitrogens is 4. The fourth-order valence-electron chi connectivity index (χ4n) is 2.33. The van der Waals surface area contributed by atoms with E-state index >= 15 is 0 Å². The minimum Gasteiger partial charge on any atom is -0.388 e. The van der Waals surface area contributed by atoms with E-state index in [2.05, 4.69) is 34.3 Å². The molecule has 0 aliphatic rings. The molecular formula is C15H21N5O2S. The average Bonchev–Trinajstić information content (AvgIpc) is 3.06. The molecule has 2 heterocycles. The summed E-state index contributed by atoms with van der Waals surface area (Å²) < 4.78 is 1.85.